The van der Waals surface area contributed by atoms with Crippen LogP contribution in [0.15, 0.2) is 24.4 Å². The summed E-state index contributed by atoms with van der Waals surface area (Å²) < 4.78 is 0. The predicted octanol–water partition coefficient (Wildman–Crippen LogP) is 2.03. The van der Waals surface area contributed by atoms with E-state index in [4.69, 9.17) is 5.73 Å². The van der Waals surface area contributed by atoms with Crippen LogP contribution in [0.25, 0.3) is 10.9 Å². The quantitative estimate of drug-likeness (QED) is 0.689. The van der Waals surface area contributed by atoms with Gasteiger partial charge in [0, 0.05) is 28.8 Å². The summed E-state index contributed by atoms with van der Waals surface area (Å²) >= 11 is 0. The molecule has 0 aliphatic heterocycles. The van der Waals surface area contributed by atoms with E-state index in [2.05, 4.69) is 10.3 Å². The zero-order valence-corrected chi connectivity index (χ0v) is 9.49. The zero-order chi connectivity index (χ0) is 11.8. The molecule has 88 valence electrons. The van der Waals surface area contributed by atoms with E-state index in [1.807, 2.05) is 18.2 Å². The maximum Gasteiger partial charge on any atom is 0.253 e. The number of amides is 1. The number of carbonyl (C=O) groups excluding carboxylic acids is 1. The topological polar surface area (TPSA) is 70.9 Å². The third-order valence-corrected chi connectivity index (χ3v) is 3.39. The molecule has 0 radical (unpaired) electrons. The summed E-state index contributed by atoms with van der Waals surface area (Å²) in [6.07, 6.45) is 5.16. The number of anilines is 1. The van der Waals surface area contributed by atoms with E-state index in [1.165, 1.54) is 6.42 Å². The van der Waals surface area contributed by atoms with Crippen LogP contribution in [0.1, 0.15) is 29.6 Å². The van der Waals surface area contributed by atoms with Gasteiger partial charge >= 0.3 is 0 Å². The monoisotopic (exact) mass is 229 g/mol. The number of rotatable bonds is 2. The van der Waals surface area contributed by atoms with Crippen molar-refractivity contribution in [1.82, 2.24) is 10.3 Å². The highest BCUT2D eigenvalue weighted by Crippen LogP contribution is 2.22. The van der Waals surface area contributed by atoms with Crippen LogP contribution in [0.5, 0.6) is 0 Å². The lowest BCUT2D eigenvalue weighted by atomic mass is 9.93. The minimum atomic E-state index is 0.00530. The van der Waals surface area contributed by atoms with Gasteiger partial charge in [-0.25, -0.2) is 0 Å². The molecule has 1 aliphatic rings. The van der Waals surface area contributed by atoms with Crippen molar-refractivity contribution >= 4 is 22.5 Å². The van der Waals surface area contributed by atoms with Crippen molar-refractivity contribution in [2.75, 3.05) is 5.73 Å². The van der Waals surface area contributed by atoms with Gasteiger partial charge in [0.1, 0.15) is 0 Å². The first-order valence-electron chi connectivity index (χ1n) is 5.91. The van der Waals surface area contributed by atoms with Crippen molar-refractivity contribution in [2.24, 2.45) is 0 Å². The summed E-state index contributed by atoms with van der Waals surface area (Å²) in [5, 5.41) is 3.96. The van der Waals surface area contributed by atoms with E-state index in [-0.39, 0.29) is 5.91 Å². The number of nitrogens with one attached hydrogen (secondary N) is 2. The largest absolute Gasteiger partial charge is 0.399 e. The molecule has 0 bridgehead atoms. The fourth-order valence-corrected chi connectivity index (χ4v) is 2.15. The molecule has 2 aromatic rings. The SMILES string of the molecule is Nc1ccc2c(C(=O)NC3CCC3)c[nH]c2c1. The van der Waals surface area contributed by atoms with Crippen molar-refractivity contribution in [3.05, 3.63) is 30.0 Å². The van der Waals surface area contributed by atoms with Crippen molar-refractivity contribution < 1.29 is 4.79 Å². The maximum atomic E-state index is 12.0. The normalized spacial score (nSPS) is 15.8. The average molecular weight is 229 g/mol. The number of hydrogen-bond acceptors (Lipinski definition) is 2. The lowest BCUT2D eigenvalue weighted by Gasteiger charge is -2.26. The lowest BCUT2D eigenvalue weighted by molar-refractivity contribution is 0.0918. The van der Waals surface area contributed by atoms with Crippen LogP contribution < -0.4 is 11.1 Å². The Labute approximate surface area is 99.2 Å². The van der Waals surface area contributed by atoms with E-state index in [0.717, 1.165) is 23.7 Å². The van der Waals surface area contributed by atoms with Crippen molar-refractivity contribution in [3.8, 4) is 0 Å². The number of aromatic nitrogens is 1. The second-order valence-electron chi connectivity index (χ2n) is 4.61. The molecule has 0 saturated heterocycles. The van der Waals surface area contributed by atoms with E-state index >= 15 is 0 Å². The Morgan fingerprint density at radius 2 is 2.24 bits per heavy atom. The van der Waals surface area contributed by atoms with Gasteiger partial charge in [0.25, 0.3) is 5.91 Å². The molecular formula is C13H15N3O. The smallest absolute Gasteiger partial charge is 0.253 e. The van der Waals surface area contributed by atoms with Gasteiger partial charge in [-0.2, -0.15) is 0 Å². The van der Waals surface area contributed by atoms with Crippen molar-refractivity contribution in [3.63, 3.8) is 0 Å². The molecule has 0 unspecified atom stereocenters. The highest BCUT2D eigenvalue weighted by atomic mass is 16.1. The van der Waals surface area contributed by atoms with Gasteiger partial charge in [-0.3, -0.25) is 4.79 Å². The minimum Gasteiger partial charge on any atom is -0.399 e. The zero-order valence-electron chi connectivity index (χ0n) is 9.49. The molecule has 4 N–H and O–H groups in total. The molecule has 4 nitrogen and oxygen atoms in total. The summed E-state index contributed by atoms with van der Waals surface area (Å²) in [5.74, 6) is 0.00530. The fraction of sp³-hybridized carbons (Fsp3) is 0.308. The van der Waals surface area contributed by atoms with Crippen LogP contribution in [-0.2, 0) is 0 Å². The molecule has 0 spiro atoms. The number of H-pyrrole nitrogens is 1. The van der Waals surface area contributed by atoms with Crippen LogP contribution in [-0.4, -0.2) is 16.9 Å². The molecule has 1 heterocycles. The number of nitrogen functional groups attached to an aromatic ring is 1. The average Bonchev–Trinajstić information content (AvgIpc) is 2.66. The number of benzene rings is 1. The first kappa shape index (κ1) is 10.2. The number of hydrogen-bond donors (Lipinski definition) is 3. The second-order valence-corrected chi connectivity index (χ2v) is 4.61. The minimum absolute atomic E-state index is 0.00530. The summed E-state index contributed by atoms with van der Waals surface area (Å²) in [7, 11) is 0. The molecule has 1 aromatic heterocycles. The Hall–Kier alpha value is -1.97. The molecule has 1 aliphatic carbocycles. The maximum absolute atomic E-state index is 12.0. The molecule has 17 heavy (non-hydrogen) atoms. The Balaban J connectivity index is 1.91. The molecule has 4 heteroatoms. The lowest BCUT2D eigenvalue weighted by Crippen LogP contribution is -2.39. The molecule has 0 atom stereocenters. The number of fused-ring (bicyclic) bond motifs is 1. The van der Waals surface area contributed by atoms with E-state index < -0.39 is 0 Å². The molecule has 1 saturated carbocycles. The second kappa shape index (κ2) is 3.80. The third-order valence-electron chi connectivity index (χ3n) is 3.39. The molecule has 1 amide bonds. The molecule has 3 rings (SSSR count). The van der Waals surface area contributed by atoms with Gasteiger partial charge in [-0.05, 0) is 37.5 Å². The van der Waals surface area contributed by atoms with Gasteiger partial charge in [-0.15, -0.1) is 0 Å². The summed E-state index contributed by atoms with van der Waals surface area (Å²) in [4.78, 5) is 15.1. The van der Waals surface area contributed by atoms with Crippen LogP contribution in [0.2, 0.25) is 0 Å². The first-order chi connectivity index (χ1) is 8.24. The van der Waals surface area contributed by atoms with Crippen LogP contribution in [0, 0.1) is 0 Å². The van der Waals surface area contributed by atoms with Crippen LogP contribution in [0.3, 0.4) is 0 Å². The van der Waals surface area contributed by atoms with Gasteiger partial charge in [0.2, 0.25) is 0 Å². The standard InChI is InChI=1S/C13H15N3O/c14-8-4-5-10-11(7-15-12(10)6-8)13(17)16-9-2-1-3-9/h4-7,9,15H,1-3,14H2,(H,16,17). The van der Waals surface area contributed by atoms with Gasteiger partial charge in [0.05, 0.1) is 5.56 Å². The Morgan fingerprint density at radius 3 is 2.94 bits per heavy atom. The highest BCUT2D eigenvalue weighted by Gasteiger charge is 2.21. The predicted molar refractivity (Wildman–Crippen MR) is 67.8 cm³/mol. The van der Waals surface area contributed by atoms with Crippen molar-refractivity contribution in [2.45, 2.75) is 25.3 Å². The van der Waals surface area contributed by atoms with Crippen molar-refractivity contribution in [1.29, 1.82) is 0 Å². The van der Waals surface area contributed by atoms with Crippen LogP contribution >= 0.6 is 0 Å². The summed E-state index contributed by atoms with van der Waals surface area (Å²) in [5.41, 5.74) is 8.01. The van der Waals surface area contributed by atoms with E-state index in [0.29, 0.717) is 17.3 Å². The number of aromatic amines is 1. The van der Waals surface area contributed by atoms with Crippen LogP contribution in [0.4, 0.5) is 5.69 Å². The molecular weight excluding hydrogens is 214 g/mol. The fourth-order valence-electron chi connectivity index (χ4n) is 2.15. The number of carbonyl (C=O) groups is 1. The molecule has 1 fully saturated rings. The van der Waals surface area contributed by atoms with Gasteiger partial charge in [0.15, 0.2) is 0 Å². The van der Waals surface area contributed by atoms with E-state index in [1.54, 1.807) is 6.20 Å². The van der Waals surface area contributed by atoms with Gasteiger partial charge < -0.3 is 16.0 Å². The third kappa shape index (κ3) is 1.75. The Bertz CT molecular complexity index is 569. The van der Waals surface area contributed by atoms with Gasteiger partial charge in [-0.1, -0.05) is 0 Å². The highest BCUT2D eigenvalue weighted by molar-refractivity contribution is 6.07. The Kier molecular flexibility index (Phi) is 2.28. The Morgan fingerprint density at radius 1 is 1.41 bits per heavy atom. The first-order valence-corrected chi connectivity index (χ1v) is 5.91. The summed E-state index contributed by atoms with van der Waals surface area (Å²) in [6.45, 7) is 0. The molecule has 1 aromatic carbocycles. The number of nitrogens with two attached hydrogens (primary N) is 1. The summed E-state index contributed by atoms with van der Waals surface area (Å²) in [6, 6.07) is 5.91. The van der Waals surface area contributed by atoms with E-state index in [9.17, 15) is 4.79 Å².